The Labute approximate surface area is 110 Å². The minimum Gasteiger partial charge on any atom is -0.363 e. The normalized spacial score (nSPS) is 10.5. The van der Waals surface area contributed by atoms with Crippen LogP contribution in [0.2, 0.25) is 0 Å². The summed E-state index contributed by atoms with van der Waals surface area (Å²) in [6.07, 6.45) is 0. The molecule has 2 aromatic rings. The number of hydrogen-bond donors (Lipinski definition) is 1. The summed E-state index contributed by atoms with van der Waals surface area (Å²) >= 11 is 3.49. The summed E-state index contributed by atoms with van der Waals surface area (Å²) < 4.78 is 0. The van der Waals surface area contributed by atoms with E-state index in [1.807, 2.05) is 18.8 Å². The average molecular weight is 265 g/mol. The van der Waals surface area contributed by atoms with Gasteiger partial charge in [-0.25, -0.2) is 0 Å². The van der Waals surface area contributed by atoms with Crippen molar-refractivity contribution >= 4 is 28.2 Å². The number of aromatic nitrogens is 2. The van der Waals surface area contributed by atoms with Crippen LogP contribution in [0.1, 0.15) is 16.1 Å². The SMILES string of the molecule is CNc1nnc(CSCc2cccc(C)c2)s1. The Morgan fingerprint density at radius 3 is 2.88 bits per heavy atom. The molecule has 0 bridgehead atoms. The zero-order valence-electron chi connectivity index (χ0n) is 9.93. The fourth-order valence-corrected chi connectivity index (χ4v) is 3.20. The summed E-state index contributed by atoms with van der Waals surface area (Å²) in [6.45, 7) is 2.12. The number of benzene rings is 1. The second-order valence-corrected chi connectivity index (χ2v) is 5.78. The number of anilines is 1. The first-order valence-corrected chi connectivity index (χ1v) is 7.38. The summed E-state index contributed by atoms with van der Waals surface area (Å²) in [5.41, 5.74) is 2.69. The van der Waals surface area contributed by atoms with Crippen molar-refractivity contribution in [3.05, 3.63) is 40.4 Å². The van der Waals surface area contributed by atoms with Crippen LogP contribution >= 0.6 is 23.1 Å². The first-order valence-electron chi connectivity index (χ1n) is 5.41. The van der Waals surface area contributed by atoms with Gasteiger partial charge in [0.2, 0.25) is 5.13 Å². The number of aryl methyl sites for hydroxylation is 1. The maximum atomic E-state index is 4.12. The van der Waals surface area contributed by atoms with Gasteiger partial charge in [0.15, 0.2) is 0 Å². The van der Waals surface area contributed by atoms with Crippen LogP contribution in [0, 0.1) is 6.92 Å². The Kier molecular flexibility index (Phi) is 4.39. The lowest BCUT2D eigenvalue weighted by Gasteiger charge is -2.01. The lowest BCUT2D eigenvalue weighted by Crippen LogP contribution is -1.85. The van der Waals surface area contributed by atoms with E-state index in [-0.39, 0.29) is 0 Å². The Hall–Kier alpha value is -1.07. The standard InChI is InChI=1S/C12H15N3S2/c1-9-4-3-5-10(6-9)7-16-8-11-14-15-12(13-2)17-11/h3-6H,7-8H2,1-2H3,(H,13,15). The predicted octanol–water partition coefficient (Wildman–Crippen LogP) is 3.32. The van der Waals surface area contributed by atoms with E-state index >= 15 is 0 Å². The van der Waals surface area contributed by atoms with E-state index in [2.05, 4.69) is 46.7 Å². The number of nitrogens with zero attached hydrogens (tertiary/aromatic N) is 2. The highest BCUT2D eigenvalue weighted by atomic mass is 32.2. The van der Waals surface area contributed by atoms with Crippen LogP contribution in [0.25, 0.3) is 0 Å². The van der Waals surface area contributed by atoms with Gasteiger partial charge in [-0.3, -0.25) is 0 Å². The molecule has 0 unspecified atom stereocenters. The molecule has 0 amide bonds. The topological polar surface area (TPSA) is 37.8 Å². The third-order valence-corrected chi connectivity index (χ3v) is 4.40. The van der Waals surface area contributed by atoms with Crippen LogP contribution in [0.3, 0.4) is 0 Å². The minimum atomic E-state index is 0.885. The van der Waals surface area contributed by atoms with Crippen LogP contribution in [0.15, 0.2) is 24.3 Å². The van der Waals surface area contributed by atoms with Crippen molar-refractivity contribution in [2.45, 2.75) is 18.4 Å². The molecule has 0 aliphatic rings. The molecule has 1 heterocycles. The van der Waals surface area contributed by atoms with Crippen molar-refractivity contribution in [2.24, 2.45) is 0 Å². The second-order valence-electron chi connectivity index (χ2n) is 3.73. The number of hydrogen-bond acceptors (Lipinski definition) is 5. The monoisotopic (exact) mass is 265 g/mol. The molecular formula is C12H15N3S2. The van der Waals surface area contributed by atoms with Gasteiger partial charge in [0.05, 0.1) is 0 Å². The summed E-state index contributed by atoms with van der Waals surface area (Å²) in [5, 5.41) is 13.1. The molecule has 1 N–H and O–H groups in total. The molecule has 0 saturated heterocycles. The minimum absolute atomic E-state index is 0.885. The maximum Gasteiger partial charge on any atom is 0.205 e. The molecule has 90 valence electrons. The smallest absolute Gasteiger partial charge is 0.205 e. The zero-order chi connectivity index (χ0) is 12.1. The fourth-order valence-electron chi connectivity index (χ4n) is 1.47. The molecule has 5 heteroatoms. The highest BCUT2D eigenvalue weighted by molar-refractivity contribution is 7.97. The van der Waals surface area contributed by atoms with Crippen molar-refractivity contribution in [3.63, 3.8) is 0 Å². The maximum absolute atomic E-state index is 4.12. The molecule has 1 aromatic carbocycles. The lowest BCUT2D eigenvalue weighted by atomic mass is 10.2. The van der Waals surface area contributed by atoms with E-state index < -0.39 is 0 Å². The molecule has 0 aliphatic carbocycles. The molecular weight excluding hydrogens is 250 g/mol. The van der Waals surface area contributed by atoms with E-state index in [0.717, 1.165) is 21.6 Å². The molecule has 0 saturated carbocycles. The van der Waals surface area contributed by atoms with Gasteiger partial charge in [-0.2, -0.15) is 0 Å². The summed E-state index contributed by atoms with van der Waals surface area (Å²) in [6, 6.07) is 8.62. The predicted molar refractivity (Wildman–Crippen MR) is 75.6 cm³/mol. The number of thioether (sulfide) groups is 1. The molecule has 0 aliphatic heterocycles. The molecule has 0 spiro atoms. The summed E-state index contributed by atoms with van der Waals surface area (Å²) in [7, 11) is 1.87. The Balaban J connectivity index is 1.83. The van der Waals surface area contributed by atoms with E-state index in [4.69, 9.17) is 0 Å². The van der Waals surface area contributed by atoms with Crippen molar-refractivity contribution in [1.29, 1.82) is 0 Å². The van der Waals surface area contributed by atoms with Crippen LogP contribution < -0.4 is 5.32 Å². The first kappa shape index (κ1) is 12.4. The highest BCUT2D eigenvalue weighted by Gasteiger charge is 2.02. The van der Waals surface area contributed by atoms with Crippen molar-refractivity contribution in [1.82, 2.24) is 10.2 Å². The van der Waals surface area contributed by atoms with Gasteiger partial charge in [0, 0.05) is 18.6 Å². The summed E-state index contributed by atoms with van der Waals surface area (Å²) in [4.78, 5) is 0. The van der Waals surface area contributed by atoms with Crippen LogP contribution in [-0.4, -0.2) is 17.2 Å². The number of rotatable bonds is 5. The summed E-state index contributed by atoms with van der Waals surface area (Å²) in [5.74, 6) is 1.95. The molecule has 3 nitrogen and oxygen atoms in total. The van der Waals surface area contributed by atoms with E-state index in [9.17, 15) is 0 Å². The Bertz CT molecular complexity index is 482. The molecule has 0 fully saturated rings. The van der Waals surface area contributed by atoms with Crippen molar-refractivity contribution in [2.75, 3.05) is 12.4 Å². The van der Waals surface area contributed by atoms with E-state index in [1.54, 1.807) is 11.3 Å². The first-order chi connectivity index (χ1) is 8.28. The van der Waals surface area contributed by atoms with E-state index in [0.29, 0.717) is 0 Å². The van der Waals surface area contributed by atoms with Gasteiger partial charge in [-0.05, 0) is 12.5 Å². The van der Waals surface area contributed by atoms with Crippen LogP contribution in [-0.2, 0) is 11.5 Å². The zero-order valence-corrected chi connectivity index (χ0v) is 11.6. The van der Waals surface area contributed by atoms with Gasteiger partial charge in [-0.1, -0.05) is 41.2 Å². The fraction of sp³-hybridized carbons (Fsp3) is 0.333. The van der Waals surface area contributed by atoms with Gasteiger partial charge in [-0.15, -0.1) is 22.0 Å². The third kappa shape index (κ3) is 3.71. The van der Waals surface area contributed by atoms with Gasteiger partial charge in [0.25, 0.3) is 0 Å². The van der Waals surface area contributed by atoms with Gasteiger partial charge < -0.3 is 5.32 Å². The molecule has 0 atom stereocenters. The lowest BCUT2D eigenvalue weighted by molar-refractivity contribution is 1.04. The Morgan fingerprint density at radius 1 is 1.29 bits per heavy atom. The van der Waals surface area contributed by atoms with Crippen LogP contribution in [0.5, 0.6) is 0 Å². The van der Waals surface area contributed by atoms with Crippen molar-refractivity contribution < 1.29 is 0 Å². The van der Waals surface area contributed by atoms with Crippen molar-refractivity contribution in [3.8, 4) is 0 Å². The molecule has 17 heavy (non-hydrogen) atoms. The highest BCUT2D eigenvalue weighted by Crippen LogP contribution is 2.22. The van der Waals surface area contributed by atoms with E-state index in [1.165, 1.54) is 11.1 Å². The molecule has 1 aromatic heterocycles. The van der Waals surface area contributed by atoms with Crippen LogP contribution in [0.4, 0.5) is 5.13 Å². The Morgan fingerprint density at radius 2 is 2.18 bits per heavy atom. The second kappa shape index (κ2) is 6.02. The quantitative estimate of drug-likeness (QED) is 0.900. The number of nitrogens with one attached hydrogen (secondary N) is 1. The average Bonchev–Trinajstić information content (AvgIpc) is 2.77. The molecule has 0 radical (unpaired) electrons. The largest absolute Gasteiger partial charge is 0.363 e. The van der Waals surface area contributed by atoms with Gasteiger partial charge >= 0.3 is 0 Å². The van der Waals surface area contributed by atoms with Gasteiger partial charge in [0.1, 0.15) is 5.01 Å². The molecule has 2 rings (SSSR count). The third-order valence-electron chi connectivity index (χ3n) is 2.26.